The van der Waals surface area contributed by atoms with Crippen molar-refractivity contribution in [3.05, 3.63) is 30.6 Å². The molecule has 1 aromatic heterocycles. The quantitative estimate of drug-likeness (QED) is 0.893. The van der Waals surface area contributed by atoms with Crippen molar-refractivity contribution in [3.63, 3.8) is 0 Å². The second-order valence-electron chi connectivity index (χ2n) is 3.82. The number of hydrogen-bond donors (Lipinski definition) is 1. The van der Waals surface area contributed by atoms with Crippen molar-refractivity contribution in [1.82, 2.24) is 9.97 Å². The fourth-order valence-electron chi connectivity index (χ4n) is 1.77. The Labute approximate surface area is 112 Å². The van der Waals surface area contributed by atoms with E-state index in [-0.39, 0.29) is 0 Å². The minimum Gasteiger partial charge on any atom is -0.490 e. The van der Waals surface area contributed by atoms with Gasteiger partial charge in [0, 0.05) is 18.0 Å². The zero-order valence-corrected chi connectivity index (χ0v) is 11.1. The zero-order chi connectivity index (χ0) is 13.7. The van der Waals surface area contributed by atoms with Crippen molar-refractivity contribution in [1.29, 1.82) is 0 Å². The number of anilines is 1. The molecule has 0 saturated carbocycles. The number of benzene rings is 1. The predicted molar refractivity (Wildman–Crippen MR) is 74.2 cm³/mol. The van der Waals surface area contributed by atoms with Gasteiger partial charge in [-0.15, -0.1) is 0 Å². The highest BCUT2D eigenvalue weighted by atomic mass is 16.5. The van der Waals surface area contributed by atoms with Gasteiger partial charge in [0.1, 0.15) is 11.5 Å². The topological polar surface area (TPSA) is 70.3 Å². The van der Waals surface area contributed by atoms with Crippen LogP contribution in [0.2, 0.25) is 0 Å². The summed E-state index contributed by atoms with van der Waals surface area (Å²) >= 11 is 0. The van der Waals surface area contributed by atoms with Crippen LogP contribution in [0.25, 0.3) is 11.3 Å². The number of ether oxygens (including phenoxy) is 2. The Morgan fingerprint density at radius 1 is 1.00 bits per heavy atom. The summed E-state index contributed by atoms with van der Waals surface area (Å²) in [5, 5.41) is 0. The molecule has 0 bridgehead atoms. The first-order chi connectivity index (χ1) is 9.26. The summed E-state index contributed by atoms with van der Waals surface area (Å²) in [6.07, 6.45) is 3.18. The monoisotopic (exact) mass is 259 g/mol. The van der Waals surface area contributed by atoms with E-state index in [2.05, 4.69) is 9.97 Å². The molecule has 0 atom stereocenters. The summed E-state index contributed by atoms with van der Waals surface area (Å²) in [5.41, 5.74) is 7.33. The largest absolute Gasteiger partial charge is 0.490 e. The highest BCUT2D eigenvalue weighted by Crippen LogP contribution is 2.33. The molecular formula is C14H17N3O2. The molecule has 0 radical (unpaired) electrons. The summed E-state index contributed by atoms with van der Waals surface area (Å²) in [6.45, 7) is 5.02. The second-order valence-corrected chi connectivity index (χ2v) is 3.82. The number of rotatable bonds is 5. The summed E-state index contributed by atoms with van der Waals surface area (Å²) in [6, 6.07) is 5.63. The standard InChI is InChI=1S/C14H17N3O2/c1-3-18-11-6-5-10(9-12(11)19-4-2)13-14(15)17-8-7-16-13/h5-9H,3-4H2,1-2H3,(H2,15,17). The van der Waals surface area contributed by atoms with Crippen molar-refractivity contribution in [2.45, 2.75) is 13.8 Å². The van der Waals surface area contributed by atoms with E-state index in [1.165, 1.54) is 0 Å². The molecule has 100 valence electrons. The van der Waals surface area contributed by atoms with E-state index in [1.54, 1.807) is 12.4 Å². The highest BCUT2D eigenvalue weighted by molar-refractivity contribution is 5.71. The van der Waals surface area contributed by atoms with Crippen LogP contribution in [0.5, 0.6) is 11.5 Å². The smallest absolute Gasteiger partial charge is 0.161 e. The molecule has 0 saturated heterocycles. The van der Waals surface area contributed by atoms with E-state index in [1.807, 2.05) is 32.0 Å². The van der Waals surface area contributed by atoms with Crippen LogP contribution >= 0.6 is 0 Å². The Morgan fingerprint density at radius 2 is 1.68 bits per heavy atom. The van der Waals surface area contributed by atoms with Gasteiger partial charge in [-0.2, -0.15) is 0 Å². The van der Waals surface area contributed by atoms with E-state index < -0.39 is 0 Å². The van der Waals surface area contributed by atoms with Crippen LogP contribution in [0.15, 0.2) is 30.6 Å². The Bertz CT molecular complexity index is 558. The van der Waals surface area contributed by atoms with Gasteiger partial charge >= 0.3 is 0 Å². The molecule has 2 N–H and O–H groups in total. The second kappa shape index (κ2) is 6.04. The van der Waals surface area contributed by atoms with E-state index in [0.29, 0.717) is 30.5 Å². The minimum absolute atomic E-state index is 0.397. The number of hydrogen-bond acceptors (Lipinski definition) is 5. The molecule has 2 rings (SSSR count). The number of aromatic nitrogens is 2. The van der Waals surface area contributed by atoms with E-state index in [0.717, 1.165) is 11.3 Å². The predicted octanol–water partition coefficient (Wildman–Crippen LogP) is 2.52. The lowest BCUT2D eigenvalue weighted by Crippen LogP contribution is -2.00. The van der Waals surface area contributed by atoms with Crippen LogP contribution in [0.4, 0.5) is 5.82 Å². The van der Waals surface area contributed by atoms with Gasteiger partial charge in [-0.25, -0.2) is 4.98 Å². The lowest BCUT2D eigenvalue weighted by Gasteiger charge is -2.12. The van der Waals surface area contributed by atoms with Gasteiger partial charge in [-0.3, -0.25) is 4.98 Å². The van der Waals surface area contributed by atoms with E-state index >= 15 is 0 Å². The molecule has 1 heterocycles. The molecule has 0 aliphatic heterocycles. The average Bonchev–Trinajstić information content (AvgIpc) is 2.42. The molecule has 0 fully saturated rings. The minimum atomic E-state index is 0.397. The normalized spacial score (nSPS) is 10.2. The van der Waals surface area contributed by atoms with Gasteiger partial charge in [0.25, 0.3) is 0 Å². The summed E-state index contributed by atoms with van der Waals surface area (Å²) < 4.78 is 11.1. The SMILES string of the molecule is CCOc1ccc(-c2nccnc2N)cc1OCC. The molecule has 0 aliphatic carbocycles. The number of nitrogens with zero attached hydrogens (tertiary/aromatic N) is 2. The van der Waals surface area contributed by atoms with Gasteiger partial charge in [0.15, 0.2) is 11.5 Å². The zero-order valence-electron chi connectivity index (χ0n) is 11.1. The highest BCUT2D eigenvalue weighted by Gasteiger charge is 2.10. The van der Waals surface area contributed by atoms with Gasteiger partial charge < -0.3 is 15.2 Å². The fraction of sp³-hybridized carbons (Fsp3) is 0.286. The van der Waals surface area contributed by atoms with Gasteiger partial charge in [-0.05, 0) is 32.0 Å². The van der Waals surface area contributed by atoms with Crippen LogP contribution in [0.1, 0.15) is 13.8 Å². The average molecular weight is 259 g/mol. The first-order valence-electron chi connectivity index (χ1n) is 6.22. The molecule has 1 aromatic carbocycles. The van der Waals surface area contributed by atoms with Gasteiger partial charge in [-0.1, -0.05) is 0 Å². The molecule has 0 unspecified atom stereocenters. The third-order valence-corrected chi connectivity index (χ3v) is 2.54. The molecule has 19 heavy (non-hydrogen) atoms. The lowest BCUT2D eigenvalue weighted by atomic mass is 10.1. The Balaban J connectivity index is 2.43. The van der Waals surface area contributed by atoms with Crippen LogP contribution in [-0.4, -0.2) is 23.2 Å². The third kappa shape index (κ3) is 2.93. The Morgan fingerprint density at radius 3 is 2.37 bits per heavy atom. The summed E-state index contributed by atoms with van der Waals surface area (Å²) in [5.74, 6) is 1.80. The summed E-state index contributed by atoms with van der Waals surface area (Å²) in [7, 11) is 0. The Hall–Kier alpha value is -2.30. The maximum absolute atomic E-state index is 5.83. The molecular weight excluding hydrogens is 242 g/mol. The molecule has 5 nitrogen and oxygen atoms in total. The van der Waals surface area contributed by atoms with Crippen LogP contribution in [0.3, 0.4) is 0 Å². The van der Waals surface area contributed by atoms with Gasteiger partial charge in [0.05, 0.1) is 13.2 Å². The Kier molecular flexibility index (Phi) is 4.18. The van der Waals surface area contributed by atoms with Crippen LogP contribution < -0.4 is 15.2 Å². The van der Waals surface area contributed by atoms with Crippen molar-refractivity contribution in [2.24, 2.45) is 0 Å². The molecule has 5 heteroatoms. The molecule has 0 amide bonds. The summed E-state index contributed by atoms with van der Waals surface area (Å²) in [4.78, 5) is 8.27. The molecule has 0 aliphatic rings. The third-order valence-electron chi connectivity index (χ3n) is 2.54. The maximum Gasteiger partial charge on any atom is 0.161 e. The van der Waals surface area contributed by atoms with Gasteiger partial charge in [0.2, 0.25) is 0 Å². The first-order valence-corrected chi connectivity index (χ1v) is 6.22. The lowest BCUT2D eigenvalue weighted by molar-refractivity contribution is 0.288. The van der Waals surface area contributed by atoms with Crippen molar-refractivity contribution < 1.29 is 9.47 Å². The maximum atomic E-state index is 5.83. The molecule has 2 aromatic rings. The number of nitrogens with two attached hydrogens (primary N) is 1. The van der Waals surface area contributed by atoms with Crippen molar-refractivity contribution >= 4 is 5.82 Å². The number of nitrogen functional groups attached to an aromatic ring is 1. The van der Waals surface area contributed by atoms with Crippen molar-refractivity contribution in [2.75, 3.05) is 18.9 Å². The first kappa shape index (κ1) is 13.1. The van der Waals surface area contributed by atoms with E-state index in [4.69, 9.17) is 15.2 Å². The van der Waals surface area contributed by atoms with Crippen LogP contribution in [-0.2, 0) is 0 Å². The van der Waals surface area contributed by atoms with Crippen LogP contribution in [0, 0.1) is 0 Å². The van der Waals surface area contributed by atoms with E-state index in [9.17, 15) is 0 Å². The fourth-order valence-corrected chi connectivity index (χ4v) is 1.77. The van der Waals surface area contributed by atoms with Crippen molar-refractivity contribution in [3.8, 4) is 22.8 Å². The molecule has 0 spiro atoms.